The van der Waals surface area contributed by atoms with E-state index in [1.165, 1.54) is 23.2 Å². The number of aromatic nitrogens is 3. The second-order valence-corrected chi connectivity index (χ2v) is 5.10. The fourth-order valence-electron chi connectivity index (χ4n) is 2.37. The maximum atomic E-state index is 11.7. The number of nitrogens with zero attached hydrogens (tertiary/aromatic N) is 4. The number of esters is 1. The first-order valence-electron chi connectivity index (χ1n) is 7.60. The molecule has 0 aliphatic rings. The van der Waals surface area contributed by atoms with Crippen LogP contribution in [0.3, 0.4) is 0 Å². The van der Waals surface area contributed by atoms with Crippen LogP contribution in [0.15, 0.2) is 29.8 Å². The standard InChI is InChI=1S/C16H19N5O4/c1-3-25-12(23)8-21-7-11(9-22)13(15(24)10(21)2)14(20-17)16-18-5-4-6-19-16/h4-7,17,22,24H,3,8-9H2,1-2H3/p+1. The van der Waals surface area contributed by atoms with Gasteiger partial charge in [-0.05, 0) is 13.0 Å². The summed E-state index contributed by atoms with van der Waals surface area (Å²) in [4.78, 5) is 19.9. The summed E-state index contributed by atoms with van der Waals surface area (Å²) >= 11 is 0. The molecule has 0 bridgehead atoms. The van der Waals surface area contributed by atoms with E-state index in [0.29, 0.717) is 11.3 Å². The molecule has 0 radical (unpaired) electrons. The zero-order valence-corrected chi connectivity index (χ0v) is 14.0. The predicted molar refractivity (Wildman–Crippen MR) is 87.5 cm³/mol. The average Bonchev–Trinajstić information content (AvgIpc) is 2.62. The molecule has 0 atom stereocenters. The van der Waals surface area contributed by atoms with Gasteiger partial charge in [-0.25, -0.2) is 14.8 Å². The van der Waals surface area contributed by atoms with E-state index in [2.05, 4.69) is 15.1 Å². The fraction of sp³-hybridized carbons (Fsp3) is 0.312. The van der Waals surface area contributed by atoms with Gasteiger partial charge >= 0.3 is 5.97 Å². The molecule has 2 aromatic rings. The minimum absolute atomic E-state index is 0.0998. The third-order valence-electron chi connectivity index (χ3n) is 3.56. The van der Waals surface area contributed by atoms with Crippen molar-refractivity contribution in [2.75, 3.05) is 6.61 Å². The molecule has 0 amide bonds. The van der Waals surface area contributed by atoms with E-state index < -0.39 is 12.6 Å². The third kappa shape index (κ3) is 3.89. The zero-order chi connectivity index (χ0) is 18.4. The minimum atomic E-state index is -0.453. The number of rotatable bonds is 6. The van der Waals surface area contributed by atoms with Crippen molar-refractivity contribution >= 4 is 11.7 Å². The summed E-state index contributed by atoms with van der Waals surface area (Å²) in [5.74, 6) is 5.05. The summed E-state index contributed by atoms with van der Waals surface area (Å²) in [5, 5.41) is 24.0. The first kappa shape index (κ1) is 18.3. The molecule has 2 rings (SSSR count). The minimum Gasteiger partial charge on any atom is -0.502 e. The molecule has 2 heterocycles. The van der Waals surface area contributed by atoms with Crippen LogP contribution in [0.5, 0.6) is 5.75 Å². The number of ether oxygens (including phenoxy) is 1. The van der Waals surface area contributed by atoms with Crippen molar-refractivity contribution in [3.05, 3.63) is 47.3 Å². The number of aliphatic hydroxyl groups excluding tert-OH is 1. The van der Waals surface area contributed by atoms with Crippen LogP contribution in [-0.2, 0) is 22.7 Å². The molecule has 0 aliphatic carbocycles. The lowest BCUT2D eigenvalue weighted by Gasteiger charge is -2.12. The Bertz CT molecular complexity index is 793. The van der Waals surface area contributed by atoms with Crippen molar-refractivity contribution in [1.29, 1.82) is 0 Å². The number of hydrazone groups is 1. The fourth-order valence-corrected chi connectivity index (χ4v) is 2.37. The molecule has 0 aliphatic heterocycles. The Kier molecular flexibility index (Phi) is 5.96. The van der Waals surface area contributed by atoms with Gasteiger partial charge in [0.05, 0.1) is 24.3 Å². The summed E-state index contributed by atoms with van der Waals surface area (Å²) in [7, 11) is 0. The molecule has 4 N–H and O–H groups in total. The van der Waals surface area contributed by atoms with E-state index in [1.54, 1.807) is 19.9 Å². The highest BCUT2D eigenvalue weighted by atomic mass is 16.5. The summed E-state index contributed by atoms with van der Waals surface area (Å²) < 4.78 is 6.40. The summed E-state index contributed by atoms with van der Waals surface area (Å²) in [6, 6.07) is 1.63. The molecule has 0 saturated heterocycles. The number of hydrogen-bond donors (Lipinski definition) is 3. The highest BCUT2D eigenvalue weighted by molar-refractivity contribution is 6.13. The van der Waals surface area contributed by atoms with Crippen LogP contribution in [0.1, 0.15) is 29.6 Å². The van der Waals surface area contributed by atoms with Crippen LogP contribution in [0, 0.1) is 6.92 Å². The smallest absolute Gasteiger partial charge is 0.372 e. The summed E-state index contributed by atoms with van der Waals surface area (Å²) in [6.07, 6.45) is 4.56. The van der Waals surface area contributed by atoms with Crippen LogP contribution in [-0.4, -0.2) is 38.5 Å². The van der Waals surface area contributed by atoms with Gasteiger partial charge in [0.2, 0.25) is 12.2 Å². The lowest BCUT2D eigenvalue weighted by atomic mass is 10.0. The average molecular weight is 346 g/mol. The van der Waals surface area contributed by atoms with Gasteiger partial charge in [-0.2, -0.15) is 9.67 Å². The lowest BCUT2D eigenvalue weighted by molar-refractivity contribution is -0.692. The van der Waals surface area contributed by atoms with Crippen LogP contribution in [0.25, 0.3) is 0 Å². The lowest BCUT2D eigenvalue weighted by Crippen LogP contribution is -2.42. The van der Waals surface area contributed by atoms with Crippen molar-refractivity contribution in [3.8, 4) is 5.75 Å². The number of nitrogens with two attached hydrogens (primary N) is 1. The number of hydrogen-bond acceptors (Lipinski definition) is 8. The Morgan fingerprint density at radius 3 is 2.64 bits per heavy atom. The van der Waals surface area contributed by atoms with Crippen LogP contribution in [0.2, 0.25) is 0 Å². The first-order chi connectivity index (χ1) is 12.0. The molecule has 25 heavy (non-hydrogen) atoms. The Morgan fingerprint density at radius 1 is 1.40 bits per heavy atom. The number of aliphatic hydroxyl groups is 1. The van der Waals surface area contributed by atoms with Crippen LogP contribution < -0.4 is 10.4 Å². The molecule has 0 unspecified atom stereocenters. The van der Waals surface area contributed by atoms with Crippen molar-refractivity contribution in [1.82, 2.24) is 9.97 Å². The van der Waals surface area contributed by atoms with E-state index in [1.807, 2.05) is 0 Å². The van der Waals surface area contributed by atoms with Gasteiger partial charge < -0.3 is 20.8 Å². The van der Waals surface area contributed by atoms with Gasteiger partial charge in [0.25, 0.3) is 0 Å². The molecule has 0 aromatic carbocycles. The highest BCUT2D eigenvalue weighted by Gasteiger charge is 2.27. The van der Waals surface area contributed by atoms with Crippen LogP contribution >= 0.6 is 0 Å². The van der Waals surface area contributed by atoms with Gasteiger partial charge in [0.15, 0.2) is 17.8 Å². The largest absolute Gasteiger partial charge is 0.502 e. The second-order valence-electron chi connectivity index (χ2n) is 5.10. The van der Waals surface area contributed by atoms with Crippen LogP contribution in [0.4, 0.5) is 0 Å². The maximum absolute atomic E-state index is 11.7. The molecule has 9 nitrogen and oxygen atoms in total. The maximum Gasteiger partial charge on any atom is 0.372 e. The SMILES string of the molecule is CCOC(=O)C[n+]1cc(CO)c(C(=NN)c2ncccn2)c(O)c1C. The first-order valence-corrected chi connectivity index (χ1v) is 7.60. The summed E-state index contributed by atoms with van der Waals surface area (Å²) in [5.41, 5.74) is 1.06. The monoisotopic (exact) mass is 346 g/mol. The molecule has 0 saturated carbocycles. The Labute approximate surface area is 144 Å². The molecule has 0 spiro atoms. The van der Waals surface area contributed by atoms with E-state index in [9.17, 15) is 15.0 Å². The zero-order valence-electron chi connectivity index (χ0n) is 14.0. The van der Waals surface area contributed by atoms with Gasteiger partial charge in [0.1, 0.15) is 5.71 Å². The van der Waals surface area contributed by atoms with Crippen molar-refractivity contribution in [2.24, 2.45) is 10.9 Å². The Morgan fingerprint density at radius 2 is 2.08 bits per heavy atom. The molecule has 0 fully saturated rings. The second kappa shape index (κ2) is 8.15. The van der Waals surface area contributed by atoms with E-state index >= 15 is 0 Å². The number of carbonyl (C=O) groups excluding carboxylic acids is 1. The van der Waals surface area contributed by atoms with Crippen molar-refractivity contribution < 1.29 is 24.3 Å². The van der Waals surface area contributed by atoms with E-state index in [-0.39, 0.29) is 36.0 Å². The topological polar surface area (TPSA) is 135 Å². The van der Waals surface area contributed by atoms with Crippen molar-refractivity contribution in [3.63, 3.8) is 0 Å². The van der Waals surface area contributed by atoms with Gasteiger partial charge in [-0.15, -0.1) is 0 Å². The molecular formula is C16H20N5O4+. The molecule has 132 valence electrons. The molecular weight excluding hydrogens is 326 g/mol. The Hall–Kier alpha value is -3.07. The number of aromatic hydroxyl groups is 1. The molecule has 2 aromatic heterocycles. The van der Waals surface area contributed by atoms with Crippen molar-refractivity contribution in [2.45, 2.75) is 27.0 Å². The van der Waals surface area contributed by atoms with E-state index in [0.717, 1.165) is 0 Å². The van der Waals surface area contributed by atoms with Gasteiger partial charge in [-0.3, -0.25) is 0 Å². The quantitative estimate of drug-likeness (QED) is 0.212. The molecule has 9 heteroatoms. The number of pyridine rings is 1. The highest BCUT2D eigenvalue weighted by Crippen LogP contribution is 2.25. The normalized spacial score (nSPS) is 11.4. The van der Waals surface area contributed by atoms with Gasteiger partial charge in [-0.1, -0.05) is 0 Å². The third-order valence-corrected chi connectivity index (χ3v) is 3.56. The van der Waals surface area contributed by atoms with Gasteiger partial charge in [0, 0.05) is 19.3 Å². The number of carbonyl (C=O) groups is 1. The predicted octanol–water partition coefficient (Wildman–Crippen LogP) is -0.455. The van der Waals surface area contributed by atoms with E-state index in [4.69, 9.17) is 10.6 Å². The summed E-state index contributed by atoms with van der Waals surface area (Å²) in [6.45, 7) is 3.08. The Balaban J connectivity index is 2.56.